The van der Waals surface area contributed by atoms with Crippen molar-refractivity contribution in [3.63, 3.8) is 0 Å². The van der Waals surface area contributed by atoms with E-state index in [0.29, 0.717) is 23.7 Å². The number of nitrogen functional groups attached to an aromatic ring is 1. The summed E-state index contributed by atoms with van der Waals surface area (Å²) in [4.78, 5) is 24.6. The molecule has 0 aliphatic rings. The molecule has 0 fully saturated rings. The molecule has 3 N–H and O–H groups in total. The average Bonchev–Trinajstić information content (AvgIpc) is 2.34. The Morgan fingerprint density at radius 3 is 2.53 bits per heavy atom. The first-order valence-corrected chi connectivity index (χ1v) is 6.22. The van der Waals surface area contributed by atoms with Crippen LogP contribution in [0.3, 0.4) is 0 Å². The Labute approximate surface area is 113 Å². The summed E-state index contributed by atoms with van der Waals surface area (Å²) >= 11 is 0. The molecule has 0 aromatic heterocycles. The van der Waals surface area contributed by atoms with E-state index < -0.39 is 5.97 Å². The van der Waals surface area contributed by atoms with Crippen molar-refractivity contribution in [2.75, 3.05) is 17.7 Å². The molecule has 0 unspecified atom stereocenters. The van der Waals surface area contributed by atoms with Gasteiger partial charge in [-0.05, 0) is 30.5 Å². The standard InChI is InChI=1S/C14H20N2O3/c1-9(2)4-7-13(17)16(3)12-6-5-10(15)8-11(12)14(18)19/h5-6,8-9H,4,7,15H2,1-3H3,(H,18,19). The molecule has 5 nitrogen and oxygen atoms in total. The van der Waals surface area contributed by atoms with Gasteiger partial charge in [0.05, 0.1) is 11.3 Å². The summed E-state index contributed by atoms with van der Waals surface area (Å²) in [6.07, 6.45) is 1.18. The van der Waals surface area contributed by atoms with Gasteiger partial charge < -0.3 is 15.7 Å². The van der Waals surface area contributed by atoms with E-state index in [1.165, 1.54) is 11.0 Å². The highest BCUT2D eigenvalue weighted by molar-refractivity contribution is 6.02. The zero-order valence-electron chi connectivity index (χ0n) is 11.5. The number of anilines is 2. The molecule has 0 spiro atoms. The number of carbonyl (C=O) groups is 2. The lowest BCUT2D eigenvalue weighted by atomic mass is 10.1. The zero-order valence-corrected chi connectivity index (χ0v) is 11.5. The van der Waals surface area contributed by atoms with Gasteiger partial charge in [-0.2, -0.15) is 0 Å². The number of carbonyl (C=O) groups excluding carboxylic acids is 1. The van der Waals surface area contributed by atoms with Gasteiger partial charge in [0.1, 0.15) is 0 Å². The predicted octanol–water partition coefficient (Wildman–Crippen LogP) is 2.37. The average molecular weight is 264 g/mol. The van der Waals surface area contributed by atoms with Crippen molar-refractivity contribution in [3.8, 4) is 0 Å². The van der Waals surface area contributed by atoms with Crippen LogP contribution in [-0.2, 0) is 4.79 Å². The van der Waals surface area contributed by atoms with Gasteiger partial charge in [-0.1, -0.05) is 13.8 Å². The molecule has 1 aromatic carbocycles. The van der Waals surface area contributed by atoms with Crippen LogP contribution in [0.2, 0.25) is 0 Å². The summed E-state index contributed by atoms with van der Waals surface area (Å²) in [5, 5.41) is 9.15. The number of aromatic carboxylic acids is 1. The minimum atomic E-state index is -1.09. The maximum Gasteiger partial charge on any atom is 0.337 e. The third-order valence-electron chi connectivity index (χ3n) is 2.92. The van der Waals surface area contributed by atoms with Crippen LogP contribution >= 0.6 is 0 Å². The van der Waals surface area contributed by atoms with E-state index in [4.69, 9.17) is 10.8 Å². The molecule has 104 valence electrons. The molecule has 1 amide bonds. The molecule has 5 heteroatoms. The Bertz CT molecular complexity index is 484. The van der Waals surface area contributed by atoms with E-state index in [1.807, 2.05) is 13.8 Å². The smallest absolute Gasteiger partial charge is 0.337 e. The Balaban J connectivity index is 2.95. The highest BCUT2D eigenvalue weighted by Gasteiger charge is 2.18. The molecule has 0 saturated carbocycles. The lowest BCUT2D eigenvalue weighted by Crippen LogP contribution is -2.28. The van der Waals surface area contributed by atoms with Gasteiger partial charge in [0.2, 0.25) is 5.91 Å². The molecule has 19 heavy (non-hydrogen) atoms. The van der Waals surface area contributed by atoms with Crippen LogP contribution in [0.25, 0.3) is 0 Å². The Morgan fingerprint density at radius 1 is 1.37 bits per heavy atom. The number of carboxylic acid groups (broad SMARTS) is 1. The molecule has 0 aliphatic carbocycles. The van der Waals surface area contributed by atoms with Crippen LogP contribution < -0.4 is 10.6 Å². The predicted molar refractivity (Wildman–Crippen MR) is 75.3 cm³/mol. The van der Waals surface area contributed by atoms with Gasteiger partial charge in [-0.25, -0.2) is 4.79 Å². The summed E-state index contributed by atoms with van der Waals surface area (Å²) in [7, 11) is 1.58. The summed E-state index contributed by atoms with van der Waals surface area (Å²) in [5.41, 5.74) is 6.35. The minimum absolute atomic E-state index is 0.0420. The van der Waals surface area contributed by atoms with Gasteiger partial charge in [0.15, 0.2) is 0 Å². The SMILES string of the molecule is CC(C)CCC(=O)N(C)c1ccc(N)cc1C(=O)O. The van der Waals surface area contributed by atoms with Crippen LogP contribution in [-0.4, -0.2) is 24.0 Å². The van der Waals surface area contributed by atoms with E-state index in [2.05, 4.69) is 0 Å². The minimum Gasteiger partial charge on any atom is -0.478 e. The zero-order chi connectivity index (χ0) is 14.6. The Morgan fingerprint density at radius 2 is 2.00 bits per heavy atom. The summed E-state index contributed by atoms with van der Waals surface area (Å²) in [6.45, 7) is 4.08. The fraction of sp³-hybridized carbons (Fsp3) is 0.429. The second-order valence-corrected chi connectivity index (χ2v) is 4.97. The van der Waals surface area contributed by atoms with Crippen molar-refractivity contribution in [1.82, 2.24) is 0 Å². The highest BCUT2D eigenvalue weighted by Crippen LogP contribution is 2.23. The second-order valence-electron chi connectivity index (χ2n) is 4.97. The van der Waals surface area contributed by atoms with Crippen molar-refractivity contribution >= 4 is 23.3 Å². The first-order valence-electron chi connectivity index (χ1n) is 6.22. The first-order chi connectivity index (χ1) is 8.82. The summed E-state index contributed by atoms with van der Waals surface area (Å²) in [6, 6.07) is 4.52. The quantitative estimate of drug-likeness (QED) is 0.800. The van der Waals surface area contributed by atoms with E-state index in [-0.39, 0.29) is 11.5 Å². The summed E-state index contributed by atoms with van der Waals surface area (Å²) in [5.74, 6) is -0.755. The largest absolute Gasteiger partial charge is 0.478 e. The number of hydrogen-bond acceptors (Lipinski definition) is 3. The molecule has 0 aliphatic heterocycles. The molecule has 0 bridgehead atoms. The fourth-order valence-corrected chi connectivity index (χ4v) is 1.73. The van der Waals surface area contributed by atoms with E-state index in [0.717, 1.165) is 6.42 Å². The number of benzene rings is 1. The molecular formula is C14H20N2O3. The molecule has 0 saturated heterocycles. The van der Waals surface area contributed by atoms with Gasteiger partial charge in [-0.15, -0.1) is 0 Å². The third kappa shape index (κ3) is 3.98. The lowest BCUT2D eigenvalue weighted by Gasteiger charge is -2.20. The number of hydrogen-bond donors (Lipinski definition) is 2. The van der Waals surface area contributed by atoms with Crippen molar-refractivity contribution in [1.29, 1.82) is 0 Å². The molecule has 0 radical (unpaired) electrons. The third-order valence-corrected chi connectivity index (χ3v) is 2.92. The van der Waals surface area contributed by atoms with Crippen LogP contribution in [0.4, 0.5) is 11.4 Å². The van der Waals surface area contributed by atoms with Gasteiger partial charge in [-0.3, -0.25) is 4.79 Å². The van der Waals surface area contributed by atoms with Crippen LogP contribution in [0, 0.1) is 5.92 Å². The number of rotatable bonds is 5. The van der Waals surface area contributed by atoms with Crippen molar-refractivity contribution in [3.05, 3.63) is 23.8 Å². The van der Waals surface area contributed by atoms with Crippen molar-refractivity contribution < 1.29 is 14.7 Å². The lowest BCUT2D eigenvalue weighted by molar-refractivity contribution is -0.118. The molecule has 1 aromatic rings. The maximum absolute atomic E-state index is 12.0. The highest BCUT2D eigenvalue weighted by atomic mass is 16.4. The topological polar surface area (TPSA) is 83.6 Å². The second kappa shape index (κ2) is 6.22. The van der Waals surface area contributed by atoms with Crippen LogP contribution in [0.5, 0.6) is 0 Å². The first kappa shape index (κ1) is 15.0. The molecule has 0 heterocycles. The van der Waals surface area contributed by atoms with E-state index in [1.54, 1.807) is 19.2 Å². The van der Waals surface area contributed by atoms with E-state index in [9.17, 15) is 9.59 Å². The Kier molecular flexibility index (Phi) is 4.92. The number of carboxylic acids is 1. The normalized spacial score (nSPS) is 10.5. The Hall–Kier alpha value is -2.04. The van der Waals surface area contributed by atoms with Crippen molar-refractivity contribution in [2.45, 2.75) is 26.7 Å². The molecule has 1 rings (SSSR count). The molecular weight excluding hydrogens is 244 g/mol. The van der Waals surface area contributed by atoms with Gasteiger partial charge >= 0.3 is 5.97 Å². The van der Waals surface area contributed by atoms with Gasteiger partial charge in [0.25, 0.3) is 0 Å². The van der Waals surface area contributed by atoms with Crippen molar-refractivity contribution in [2.24, 2.45) is 5.92 Å². The fourth-order valence-electron chi connectivity index (χ4n) is 1.73. The molecule has 0 atom stereocenters. The maximum atomic E-state index is 12.0. The number of nitrogens with zero attached hydrogens (tertiary/aromatic N) is 1. The van der Waals surface area contributed by atoms with E-state index >= 15 is 0 Å². The van der Waals surface area contributed by atoms with Crippen LogP contribution in [0.15, 0.2) is 18.2 Å². The summed E-state index contributed by atoms with van der Waals surface area (Å²) < 4.78 is 0. The van der Waals surface area contributed by atoms with Crippen LogP contribution in [0.1, 0.15) is 37.0 Å². The van der Waals surface area contributed by atoms with Gasteiger partial charge in [0, 0.05) is 19.2 Å². The number of nitrogens with two attached hydrogens (primary N) is 1. The monoisotopic (exact) mass is 264 g/mol. The number of amides is 1.